The summed E-state index contributed by atoms with van der Waals surface area (Å²) in [4.78, 5) is 8.50. The van der Waals surface area contributed by atoms with Gasteiger partial charge in [0.2, 0.25) is 0 Å². The minimum atomic E-state index is 0.508. The molecule has 0 aliphatic heterocycles. The van der Waals surface area contributed by atoms with Crippen LogP contribution in [0.15, 0.2) is 49.1 Å². The molecule has 4 nitrogen and oxygen atoms in total. The molecule has 1 aromatic carbocycles. The number of para-hydroxylation sites is 1. The zero-order valence-corrected chi connectivity index (χ0v) is 10.8. The van der Waals surface area contributed by atoms with Crippen molar-refractivity contribution in [3.63, 3.8) is 0 Å². The van der Waals surface area contributed by atoms with Gasteiger partial charge in [-0.25, -0.2) is 4.98 Å². The van der Waals surface area contributed by atoms with Crippen molar-refractivity contribution >= 4 is 10.9 Å². The van der Waals surface area contributed by atoms with E-state index in [1.807, 2.05) is 42.9 Å². The molecule has 0 aliphatic rings. The Hall–Kier alpha value is -2.36. The van der Waals surface area contributed by atoms with Crippen LogP contribution in [0.25, 0.3) is 10.9 Å². The van der Waals surface area contributed by atoms with E-state index in [2.05, 4.69) is 21.5 Å². The Morgan fingerprint density at radius 2 is 2.11 bits per heavy atom. The molecule has 0 radical (unpaired) electrons. The normalized spacial score (nSPS) is 10.8. The highest BCUT2D eigenvalue weighted by atomic mass is 16.5. The number of hydrogen-bond acceptors (Lipinski definition) is 3. The summed E-state index contributed by atoms with van der Waals surface area (Å²) in [5.41, 5.74) is 2.05. The first kappa shape index (κ1) is 11.7. The highest BCUT2D eigenvalue weighted by Crippen LogP contribution is 2.18. The number of aryl methyl sites for hydroxylation is 1. The number of fused-ring (bicyclic) bond motifs is 1. The maximum absolute atomic E-state index is 5.78. The number of imidazole rings is 1. The van der Waals surface area contributed by atoms with Crippen LogP contribution in [-0.4, -0.2) is 14.5 Å². The van der Waals surface area contributed by atoms with Gasteiger partial charge in [-0.15, -0.1) is 0 Å². The lowest BCUT2D eigenvalue weighted by Crippen LogP contribution is -2.03. The Bertz CT molecular complexity index is 690. The van der Waals surface area contributed by atoms with Gasteiger partial charge in [0.1, 0.15) is 12.4 Å². The molecule has 0 atom stereocenters. The van der Waals surface area contributed by atoms with Gasteiger partial charge in [0, 0.05) is 11.9 Å². The van der Waals surface area contributed by atoms with Crippen LogP contribution >= 0.6 is 0 Å². The Balaban J connectivity index is 1.78. The zero-order valence-electron chi connectivity index (χ0n) is 10.8. The van der Waals surface area contributed by atoms with Gasteiger partial charge in [-0.05, 0) is 19.1 Å². The van der Waals surface area contributed by atoms with E-state index in [1.165, 1.54) is 0 Å². The van der Waals surface area contributed by atoms with Gasteiger partial charge < -0.3 is 9.30 Å². The van der Waals surface area contributed by atoms with E-state index in [9.17, 15) is 0 Å². The number of nitrogens with zero attached hydrogens (tertiary/aromatic N) is 3. The third kappa shape index (κ3) is 2.42. The summed E-state index contributed by atoms with van der Waals surface area (Å²) in [6.45, 7) is 3.49. The van der Waals surface area contributed by atoms with Crippen molar-refractivity contribution in [2.24, 2.45) is 0 Å². The predicted octanol–water partition coefficient (Wildman–Crippen LogP) is 3.03. The molecular weight excluding hydrogens is 238 g/mol. The molecule has 0 bridgehead atoms. The van der Waals surface area contributed by atoms with E-state index in [1.54, 1.807) is 6.20 Å². The molecule has 96 valence electrons. The van der Waals surface area contributed by atoms with E-state index in [0.29, 0.717) is 6.61 Å². The van der Waals surface area contributed by atoms with Crippen LogP contribution < -0.4 is 4.74 Å². The van der Waals surface area contributed by atoms with E-state index >= 15 is 0 Å². The van der Waals surface area contributed by atoms with Crippen molar-refractivity contribution in [2.45, 2.75) is 20.1 Å². The average Bonchev–Trinajstić information content (AvgIpc) is 2.92. The lowest BCUT2D eigenvalue weighted by atomic mass is 10.2. The van der Waals surface area contributed by atoms with Gasteiger partial charge in [0.15, 0.2) is 0 Å². The Morgan fingerprint density at radius 1 is 1.21 bits per heavy atom. The fourth-order valence-electron chi connectivity index (χ4n) is 2.04. The van der Waals surface area contributed by atoms with Gasteiger partial charge >= 0.3 is 0 Å². The number of aromatic nitrogens is 3. The maximum Gasteiger partial charge on any atom is 0.138 e. The molecule has 2 heterocycles. The summed E-state index contributed by atoms with van der Waals surface area (Å²) in [6.07, 6.45) is 5.41. The molecule has 0 unspecified atom stereocenters. The van der Waals surface area contributed by atoms with Gasteiger partial charge in [-0.1, -0.05) is 18.2 Å². The minimum Gasteiger partial charge on any atom is -0.486 e. The summed E-state index contributed by atoms with van der Waals surface area (Å²) in [5.74, 6) is 0.780. The second-order valence-corrected chi connectivity index (χ2v) is 4.32. The number of ether oxygens (including phenoxy) is 1. The van der Waals surface area contributed by atoms with Crippen LogP contribution in [-0.2, 0) is 13.2 Å². The predicted molar refractivity (Wildman–Crippen MR) is 74.0 cm³/mol. The van der Waals surface area contributed by atoms with E-state index in [4.69, 9.17) is 4.74 Å². The largest absolute Gasteiger partial charge is 0.486 e. The average molecular weight is 253 g/mol. The first-order chi connectivity index (χ1) is 9.36. The van der Waals surface area contributed by atoms with E-state index in [0.717, 1.165) is 28.9 Å². The third-order valence-corrected chi connectivity index (χ3v) is 3.09. The molecule has 0 aliphatic carbocycles. The summed E-state index contributed by atoms with van der Waals surface area (Å²) in [6, 6.07) is 10.0. The first-order valence-corrected chi connectivity index (χ1v) is 6.33. The standard InChI is InChI=1S/C15H15N3O/c1-2-18-11-16-8-13(18)10-19-14-7-12-5-3-4-6-15(12)17-9-14/h3-9,11H,2,10H2,1H3. The summed E-state index contributed by atoms with van der Waals surface area (Å²) in [7, 11) is 0. The quantitative estimate of drug-likeness (QED) is 0.717. The number of rotatable bonds is 4. The molecule has 0 saturated carbocycles. The fourth-order valence-corrected chi connectivity index (χ4v) is 2.04. The lowest BCUT2D eigenvalue weighted by molar-refractivity contribution is 0.295. The molecule has 3 rings (SSSR count). The van der Waals surface area contributed by atoms with Crippen LogP contribution in [0, 0.1) is 0 Å². The summed E-state index contributed by atoms with van der Waals surface area (Å²) < 4.78 is 7.84. The monoisotopic (exact) mass is 253 g/mol. The van der Waals surface area contributed by atoms with Crippen molar-refractivity contribution in [2.75, 3.05) is 0 Å². The topological polar surface area (TPSA) is 39.9 Å². The van der Waals surface area contributed by atoms with Crippen molar-refractivity contribution < 1.29 is 4.74 Å². The fraction of sp³-hybridized carbons (Fsp3) is 0.200. The van der Waals surface area contributed by atoms with E-state index in [-0.39, 0.29) is 0 Å². The smallest absolute Gasteiger partial charge is 0.138 e. The Labute approximate surface area is 111 Å². The number of hydrogen-bond donors (Lipinski definition) is 0. The van der Waals surface area contributed by atoms with Gasteiger partial charge in [0.25, 0.3) is 0 Å². The molecule has 2 aromatic heterocycles. The SMILES string of the molecule is CCn1cncc1COc1cnc2ccccc2c1. The van der Waals surface area contributed by atoms with Crippen LogP contribution in [0.3, 0.4) is 0 Å². The number of pyridine rings is 1. The number of benzene rings is 1. The molecule has 3 aromatic rings. The molecule has 0 N–H and O–H groups in total. The maximum atomic E-state index is 5.78. The zero-order chi connectivity index (χ0) is 13.1. The molecule has 0 amide bonds. The highest BCUT2D eigenvalue weighted by molar-refractivity contribution is 5.79. The summed E-state index contributed by atoms with van der Waals surface area (Å²) in [5, 5.41) is 1.09. The third-order valence-electron chi connectivity index (χ3n) is 3.09. The lowest BCUT2D eigenvalue weighted by Gasteiger charge is -2.08. The van der Waals surface area contributed by atoms with Gasteiger partial charge in [-0.3, -0.25) is 4.98 Å². The Kier molecular flexibility index (Phi) is 3.14. The van der Waals surface area contributed by atoms with Crippen LogP contribution in [0.2, 0.25) is 0 Å². The van der Waals surface area contributed by atoms with E-state index < -0.39 is 0 Å². The Morgan fingerprint density at radius 3 is 3.00 bits per heavy atom. The molecule has 4 heteroatoms. The minimum absolute atomic E-state index is 0.508. The molecule has 19 heavy (non-hydrogen) atoms. The van der Waals surface area contributed by atoms with Crippen LogP contribution in [0.1, 0.15) is 12.6 Å². The highest BCUT2D eigenvalue weighted by Gasteiger charge is 2.03. The van der Waals surface area contributed by atoms with Crippen molar-refractivity contribution in [3.8, 4) is 5.75 Å². The van der Waals surface area contributed by atoms with Gasteiger partial charge in [0.05, 0.1) is 29.9 Å². The molecule has 0 spiro atoms. The van der Waals surface area contributed by atoms with Crippen molar-refractivity contribution in [3.05, 3.63) is 54.7 Å². The van der Waals surface area contributed by atoms with Crippen LogP contribution in [0.5, 0.6) is 5.75 Å². The molecule has 0 saturated heterocycles. The molecule has 0 fully saturated rings. The second-order valence-electron chi connectivity index (χ2n) is 4.32. The molecular formula is C15H15N3O. The van der Waals surface area contributed by atoms with Crippen molar-refractivity contribution in [1.82, 2.24) is 14.5 Å². The van der Waals surface area contributed by atoms with Gasteiger partial charge in [-0.2, -0.15) is 0 Å². The second kappa shape index (κ2) is 5.10. The van der Waals surface area contributed by atoms with Crippen LogP contribution in [0.4, 0.5) is 0 Å². The van der Waals surface area contributed by atoms with Crippen molar-refractivity contribution in [1.29, 1.82) is 0 Å². The summed E-state index contributed by atoms with van der Waals surface area (Å²) >= 11 is 0. The first-order valence-electron chi connectivity index (χ1n) is 6.33.